The lowest BCUT2D eigenvalue weighted by molar-refractivity contribution is -0.124. The van der Waals surface area contributed by atoms with E-state index in [0.29, 0.717) is 23.8 Å². The highest BCUT2D eigenvalue weighted by atomic mass is 127. The Hall–Kier alpha value is -1.38. The number of hydrogen-bond donors (Lipinski definition) is 0. The van der Waals surface area contributed by atoms with E-state index in [9.17, 15) is 4.79 Å². The van der Waals surface area contributed by atoms with Gasteiger partial charge in [0.1, 0.15) is 5.76 Å². The summed E-state index contributed by atoms with van der Waals surface area (Å²) in [6, 6.07) is 8.46. The topological polar surface area (TPSA) is 38.8 Å². The molecule has 41 heavy (non-hydrogen) atoms. The van der Waals surface area contributed by atoms with Crippen LogP contribution in [0.1, 0.15) is 86.0 Å². The van der Waals surface area contributed by atoms with E-state index in [1.165, 1.54) is 9.14 Å². The molecule has 0 bridgehead atoms. The molecule has 0 atom stereocenters. The predicted octanol–water partition coefficient (Wildman–Crippen LogP) is 10.1. The number of anilines is 1. The first-order valence-electron chi connectivity index (χ1n) is 15.5. The molecule has 0 saturated heterocycles. The maximum atomic E-state index is 14.1. The molecule has 0 aliphatic heterocycles. The molecule has 6 heteroatoms. The predicted molar refractivity (Wildman–Crippen MR) is 185 cm³/mol. The summed E-state index contributed by atoms with van der Waals surface area (Å²) in [7, 11) is -0.0805. The van der Waals surface area contributed by atoms with E-state index in [4.69, 9.17) is 9.16 Å². The lowest BCUT2D eigenvalue weighted by Crippen LogP contribution is -2.46. The lowest BCUT2D eigenvalue weighted by Gasteiger charge is -2.41. The second kappa shape index (κ2) is 14.9. The number of amides is 1. The number of benzene rings is 1. The van der Waals surface area contributed by atoms with Crippen molar-refractivity contribution in [2.45, 2.75) is 110 Å². The Morgan fingerprint density at radius 2 is 1.63 bits per heavy atom. The second-order valence-electron chi connectivity index (χ2n) is 14.0. The van der Waals surface area contributed by atoms with E-state index in [0.717, 1.165) is 74.9 Å². The molecule has 0 radical (unpaired) electrons. The number of allylic oxidation sites excluding steroid dienone is 4. The zero-order valence-electron chi connectivity index (χ0n) is 26.9. The summed E-state index contributed by atoms with van der Waals surface area (Å²) in [6.07, 6.45) is 12.8. The van der Waals surface area contributed by atoms with Gasteiger partial charge in [0.05, 0.1) is 7.11 Å². The van der Waals surface area contributed by atoms with Crippen LogP contribution in [0.2, 0.25) is 18.1 Å². The highest BCUT2D eigenvalue weighted by Gasteiger charge is 2.41. The van der Waals surface area contributed by atoms with Gasteiger partial charge in [0.15, 0.2) is 8.32 Å². The fraction of sp³-hybridized carbons (Fsp3) is 0.629. The van der Waals surface area contributed by atoms with Crippen LogP contribution in [0.25, 0.3) is 0 Å². The quantitative estimate of drug-likeness (QED) is 0.106. The van der Waals surface area contributed by atoms with Gasteiger partial charge >= 0.3 is 0 Å². The minimum Gasteiger partial charge on any atom is -0.497 e. The van der Waals surface area contributed by atoms with Crippen molar-refractivity contribution in [3.05, 3.63) is 63.5 Å². The molecule has 1 aromatic carbocycles. The first-order valence-corrected chi connectivity index (χ1v) is 19.5. The molecular formula is C35H54INO3Si. The van der Waals surface area contributed by atoms with Crippen molar-refractivity contribution >= 4 is 42.5 Å². The molecule has 2 saturated carbocycles. The first-order chi connectivity index (χ1) is 19.2. The lowest BCUT2D eigenvalue weighted by atomic mass is 9.78. The largest absolute Gasteiger partial charge is 0.497 e. The minimum atomic E-state index is -1.80. The summed E-state index contributed by atoms with van der Waals surface area (Å²) in [5.74, 6) is 2.30. The molecule has 0 spiro atoms. The van der Waals surface area contributed by atoms with Crippen LogP contribution in [0.3, 0.4) is 0 Å². The average Bonchev–Trinajstić information content (AvgIpc) is 2.91. The third-order valence-electron chi connectivity index (χ3n) is 9.65. The zero-order valence-corrected chi connectivity index (χ0v) is 30.1. The molecule has 0 N–H and O–H groups in total. The number of carbonyl (C=O) groups is 1. The van der Waals surface area contributed by atoms with Crippen LogP contribution in [-0.2, 0) is 14.0 Å². The number of hydrogen-bond acceptors (Lipinski definition) is 3. The molecule has 0 heterocycles. The Kier molecular flexibility index (Phi) is 12.4. The highest BCUT2D eigenvalue weighted by Crippen LogP contribution is 2.40. The minimum absolute atomic E-state index is 0.0819. The molecule has 3 rings (SSSR count). The fourth-order valence-corrected chi connectivity index (χ4v) is 7.89. The van der Waals surface area contributed by atoms with Gasteiger partial charge in [-0.05, 0) is 148 Å². The highest BCUT2D eigenvalue weighted by molar-refractivity contribution is 14.1. The van der Waals surface area contributed by atoms with Crippen LogP contribution < -0.4 is 4.90 Å². The summed E-state index contributed by atoms with van der Waals surface area (Å²) in [6.45, 7) is 20.9. The van der Waals surface area contributed by atoms with Gasteiger partial charge in [0.25, 0.3) is 0 Å². The normalized spacial score (nSPS) is 23.7. The number of halogens is 1. The van der Waals surface area contributed by atoms with Crippen molar-refractivity contribution in [3.8, 4) is 0 Å². The van der Waals surface area contributed by atoms with Crippen LogP contribution >= 0.6 is 22.6 Å². The molecule has 228 valence electrons. The molecule has 1 aromatic rings. The Balaban J connectivity index is 1.63. The van der Waals surface area contributed by atoms with E-state index in [1.807, 2.05) is 6.08 Å². The average molecular weight is 692 g/mol. The number of carbonyl (C=O) groups excluding carboxylic acids is 1. The van der Waals surface area contributed by atoms with Crippen molar-refractivity contribution in [2.75, 3.05) is 18.6 Å². The summed E-state index contributed by atoms with van der Waals surface area (Å²) >= 11 is 2.36. The van der Waals surface area contributed by atoms with E-state index >= 15 is 0 Å². The van der Waals surface area contributed by atoms with Crippen LogP contribution in [0.15, 0.2) is 59.9 Å². The number of rotatable bonds is 10. The van der Waals surface area contributed by atoms with Gasteiger partial charge in [-0.25, -0.2) is 0 Å². The third kappa shape index (κ3) is 9.55. The number of ether oxygens (including phenoxy) is 1. The maximum absolute atomic E-state index is 14.1. The molecule has 0 aromatic heterocycles. The van der Waals surface area contributed by atoms with E-state index < -0.39 is 8.32 Å². The van der Waals surface area contributed by atoms with Gasteiger partial charge in [0.2, 0.25) is 5.91 Å². The van der Waals surface area contributed by atoms with E-state index in [-0.39, 0.29) is 11.0 Å². The van der Waals surface area contributed by atoms with Crippen molar-refractivity contribution < 1.29 is 14.0 Å². The first kappa shape index (κ1) is 34.1. The smallest absolute Gasteiger partial charge is 0.230 e. The van der Waals surface area contributed by atoms with E-state index in [2.05, 4.69) is 112 Å². The van der Waals surface area contributed by atoms with Gasteiger partial charge in [-0.3, -0.25) is 4.79 Å². The molecule has 0 unspecified atom stereocenters. The molecule has 2 aliphatic carbocycles. The maximum Gasteiger partial charge on any atom is 0.230 e. The molecule has 1 amide bonds. The standard InChI is InChI=1S/C35H54INO3Si/c1-25(2)33(39-7)22-13-26(3)28-16-14-27(15-17-28)24-37(31-12-10-11-30(36)23-31)34(38)29-18-20-32(21-19-29)40-41(8,9)35(4,5)6/h10-13,22-23,27-29,32H,3,14-21,24H2,1-2,4-9H3/b22-13-/t27-,28-,29?,32?. The Morgan fingerprint density at radius 1 is 1.02 bits per heavy atom. The van der Waals surface area contributed by atoms with E-state index in [1.54, 1.807) is 7.11 Å². The van der Waals surface area contributed by atoms with Crippen LogP contribution in [-0.4, -0.2) is 34.0 Å². The Bertz CT molecular complexity index is 1100. The summed E-state index contributed by atoms with van der Waals surface area (Å²) in [5.41, 5.74) is 3.39. The van der Waals surface area contributed by atoms with Crippen molar-refractivity contribution in [2.24, 2.45) is 17.8 Å². The van der Waals surface area contributed by atoms with Gasteiger partial charge in [-0.2, -0.15) is 0 Å². The fourth-order valence-electron chi connectivity index (χ4n) is 5.94. The van der Waals surface area contributed by atoms with Crippen molar-refractivity contribution in [1.82, 2.24) is 0 Å². The van der Waals surface area contributed by atoms with Crippen LogP contribution in [0.4, 0.5) is 5.69 Å². The second-order valence-corrected chi connectivity index (χ2v) is 20.0. The monoisotopic (exact) mass is 691 g/mol. The third-order valence-corrected chi connectivity index (χ3v) is 14.9. The summed E-state index contributed by atoms with van der Waals surface area (Å²) in [5, 5.41) is 0.209. The van der Waals surface area contributed by atoms with Gasteiger partial charge < -0.3 is 14.1 Å². The van der Waals surface area contributed by atoms with Gasteiger partial charge in [0, 0.05) is 27.8 Å². The zero-order chi connectivity index (χ0) is 30.4. The Labute approximate surface area is 265 Å². The van der Waals surface area contributed by atoms with Crippen LogP contribution in [0.5, 0.6) is 0 Å². The molecule has 4 nitrogen and oxygen atoms in total. The summed E-state index contributed by atoms with van der Waals surface area (Å²) in [4.78, 5) is 16.2. The van der Waals surface area contributed by atoms with Gasteiger partial charge in [-0.1, -0.05) is 45.1 Å². The van der Waals surface area contributed by atoms with Crippen LogP contribution in [0, 0.1) is 21.3 Å². The Morgan fingerprint density at radius 3 is 2.17 bits per heavy atom. The number of nitrogens with zero attached hydrogens (tertiary/aromatic N) is 1. The van der Waals surface area contributed by atoms with Gasteiger partial charge in [-0.15, -0.1) is 0 Å². The number of methoxy groups -OCH3 is 1. The molecular weight excluding hydrogens is 637 g/mol. The van der Waals surface area contributed by atoms with Crippen molar-refractivity contribution in [3.63, 3.8) is 0 Å². The SMILES string of the molecule is C=C(/C=C\C(OC)=C(C)C)[C@H]1CC[C@H](CN(C(=O)C2CCC(O[Si](C)(C)C(C)(C)C)CC2)c2cccc(I)c2)CC1. The molecule has 2 fully saturated rings. The molecule has 2 aliphatic rings. The van der Waals surface area contributed by atoms with Crippen molar-refractivity contribution in [1.29, 1.82) is 0 Å². The summed E-state index contributed by atoms with van der Waals surface area (Å²) < 4.78 is 13.4.